The molecule has 0 saturated heterocycles. The van der Waals surface area contributed by atoms with Crippen molar-refractivity contribution >= 4 is 23.5 Å². The highest BCUT2D eigenvalue weighted by atomic mass is 19.2. The van der Waals surface area contributed by atoms with E-state index in [9.17, 15) is 13.4 Å². The summed E-state index contributed by atoms with van der Waals surface area (Å²) < 4.78 is 39.4. The molecule has 144 valence electrons. The molecule has 0 aliphatic heterocycles. The molecule has 0 heterocycles. The smallest absolute Gasteiger partial charge is 0.0653 e. The van der Waals surface area contributed by atoms with Crippen LogP contribution in [0, 0.1) is 0 Å². The minimum absolute atomic E-state index is 0.0322. The van der Waals surface area contributed by atoms with Crippen LogP contribution in [0.3, 0.4) is 0 Å². The average molecular weight is 375 g/mol. The van der Waals surface area contributed by atoms with Gasteiger partial charge in [0.2, 0.25) is 0 Å². The van der Waals surface area contributed by atoms with Crippen molar-refractivity contribution < 1.29 is 13.4 Å². The number of hydrogen-bond donors (Lipinski definition) is 3. The summed E-state index contributed by atoms with van der Waals surface area (Å²) in [5, 5.41) is 0. The van der Waals surface area contributed by atoms with Gasteiger partial charge in [-0.1, -0.05) is 38.2 Å². The van der Waals surface area contributed by atoms with E-state index in [4.69, 9.17) is 23.5 Å². The lowest BCUT2D eigenvalue weighted by Crippen LogP contribution is -2.21. The first-order chi connectivity index (χ1) is 13.2. The molecule has 6 radical (unpaired) electrons. The maximum Gasteiger partial charge on any atom is 0.0653 e. The first-order valence-electron chi connectivity index (χ1n) is 9.47. The molecule has 1 aromatic carbocycles. The minimum atomic E-state index is -0.0322. The van der Waals surface area contributed by atoms with E-state index in [2.05, 4.69) is 0 Å². The van der Waals surface area contributed by atoms with E-state index in [1.165, 1.54) is 0 Å². The maximum atomic E-state index is 13.1. The van der Waals surface area contributed by atoms with Gasteiger partial charge in [-0.15, -0.1) is 13.4 Å². The monoisotopic (exact) mass is 375 g/mol. The molecule has 1 aromatic rings. The predicted molar refractivity (Wildman–Crippen MR) is 107 cm³/mol. The molecule has 0 unspecified atom stereocenters. The van der Waals surface area contributed by atoms with E-state index in [0.29, 0.717) is 57.5 Å². The average Bonchev–Trinajstić information content (AvgIpc) is 2.67. The van der Waals surface area contributed by atoms with Gasteiger partial charge >= 0.3 is 0 Å². The topological polar surface area (TPSA) is 36.1 Å². The molecule has 0 fully saturated rings. The van der Waals surface area contributed by atoms with E-state index in [1.807, 2.05) is 0 Å². The Morgan fingerprint density at radius 3 is 0.926 bits per heavy atom. The van der Waals surface area contributed by atoms with Crippen molar-refractivity contribution in [1.29, 1.82) is 0 Å². The molecule has 0 aromatic heterocycles. The number of rotatable bonds is 15. The first-order valence-corrected chi connectivity index (χ1v) is 9.47. The van der Waals surface area contributed by atoms with E-state index >= 15 is 0 Å². The first kappa shape index (κ1) is 24.1. The summed E-state index contributed by atoms with van der Waals surface area (Å²) in [6.45, 7) is -0.0966. The van der Waals surface area contributed by atoms with Gasteiger partial charge in [0.25, 0.3) is 0 Å². The van der Waals surface area contributed by atoms with Crippen LogP contribution >= 0.6 is 0 Å². The zero-order valence-electron chi connectivity index (χ0n) is 15.9. The molecular weight excluding hydrogens is 348 g/mol. The Bertz CT molecular complexity index is 465. The van der Waals surface area contributed by atoms with Gasteiger partial charge < -0.3 is 0 Å². The molecule has 0 atom stereocenters. The number of nitrogens with one attached hydrogen (secondary N) is 3. The summed E-state index contributed by atoms with van der Waals surface area (Å²) >= 11 is 0. The third-order valence-electron chi connectivity index (χ3n) is 4.81. The summed E-state index contributed by atoms with van der Waals surface area (Å²) in [5.41, 5.74) is 9.97. The largest absolute Gasteiger partial charge is 0.155 e. The molecule has 0 aliphatic rings. The Morgan fingerprint density at radius 1 is 0.481 bits per heavy atom. The summed E-state index contributed by atoms with van der Waals surface area (Å²) in [6.07, 6.45) is 5.25. The molecule has 0 aliphatic carbocycles. The van der Waals surface area contributed by atoms with Gasteiger partial charge in [-0.25, -0.2) is 0 Å². The van der Waals surface area contributed by atoms with Gasteiger partial charge in [-0.05, 0) is 52.6 Å². The third kappa shape index (κ3) is 6.88. The highest BCUT2D eigenvalue weighted by molar-refractivity contribution is 6.08. The number of halogens is 3. The molecule has 0 bridgehead atoms. The fraction of sp³-hybridized carbons (Fsp3) is 0.667. The van der Waals surface area contributed by atoms with Crippen LogP contribution in [0.25, 0.3) is 0 Å². The number of benzene rings is 1. The third-order valence-corrected chi connectivity index (χ3v) is 4.81. The van der Waals surface area contributed by atoms with E-state index < -0.39 is 0 Å². The fourth-order valence-corrected chi connectivity index (χ4v) is 3.68. The molecule has 0 amide bonds. The summed E-state index contributed by atoms with van der Waals surface area (Å²) in [7, 11) is 17.0. The van der Waals surface area contributed by atoms with Gasteiger partial charge in [0.15, 0.2) is 0 Å². The van der Waals surface area contributed by atoms with Gasteiger partial charge in [-0.3, -0.25) is 0 Å². The van der Waals surface area contributed by atoms with Crippen molar-refractivity contribution in [3.63, 3.8) is 0 Å². The fourth-order valence-electron chi connectivity index (χ4n) is 3.68. The second-order valence-electron chi connectivity index (χ2n) is 6.48. The highest BCUT2D eigenvalue weighted by Crippen LogP contribution is 2.33. The maximum absolute atomic E-state index is 13.1. The molecule has 3 N–H and O–H groups in total. The molecule has 3 nitrogen and oxygen atoms in total. The van der Waals surface area contributed by atoms with Crippen molar-refractivity contribution in [1.82, 2.24) is 16.6 Å². The number of hydrogen-bond acceptors (Lipinski definition) is 3. The van der Waals surface area contributed by atoms with Crippen LogP contribution < -0.4 is 16.6 Å². The van der Waals surface area contributed by atoms with Crippen molar-refractivity contribution in [2.45, 2.75) is 77.1 Å². The zero-order chi connectivity index (χ0) is 20.1. The van der Waals surface area contributed by atoms with Crippen LogP contribution in [0.5, 0.6) is 0 Å². The predicted octanol–water partition coefficient (Wildman–Crippen LogP) is 3.17. The second kappa shape index (κ2) is 14.1. The van der Waals surface area contributed by atoms with Crippen molar-refractivity contribution in [3.05, 3.63) is 33.4 Å². The van der Waals surface area contributed by atoms with E-state index in [-0.39, 0.29) is 19.6 Å². The Hall–Kier alpha value is -0.915. The Kier molecular flexibility index (Phi) is 12.6. The van der Waals surface area contributed by atoms with Crippen molar-refractivity contribution in [3.8, 4) is 0 Å². The van der Waals surface area contributed by atoms with Crippen LogP contribution in [-0.2, 0) is 38.9 Å². The van der Waals surface area contributed by atoms with Crippen molar-refractivity contribution in [2.24, 2.45) is 0 Å². The minimum Gasteiger partial charge on any atom is -0.155 e. The normalized spacial score (nSPS) is 11.2. The standard InChI is InChI=1S/C18H27B3F3N3/c19-7-1-4-13-16(10-25-22)14(5-2-8-20)18(12-27-24)15(6-3-9-21)17(13)11-26-23/h25-27H,1-12H2. The quantitative estimate of drug-likeness (QED) is 0.326. The van der Waals surface area contributed by atoms with Crippen LogP contribution in [-0.4, -0.2) is 23.5 Å². The molecular formula is C18H27B3F3N3. The van der Waals surface area contributed by atoms with Gasteiger partial charge in [0.1, 0.15) is 0 Å². The summed E-state index contributed by atoms with van der Waals surface area (Å²) in [6, 6.07) is 0. The van der Waals surface area contributed by atoms with Gasteiger partial charge in [0, 0.05) is 0 Å². The molecule has 0 saturated carbocycles. The molecule has 0 spiro atoms. The summed E-state index contributed by atoms with van der Waals surface area (Å²) in [5.74, 6) is 0. The van der Waals surface area contributed by atoms with E-state index in [0.717, 1.165) is 33.4 Å². The van der Waals surface area contributed by atoms with Crippen molar-refractivity contribution in [2.75, 3.05) is 0 Å². The zero-order valence-corrected chi connectivity index (χ0v) is 15.9. The second-order valence-corrected chi connectivity index (χ2v) is 6.48. The Morgan fingerprint density at radius 2 is 0.741 bits per heavy atom. The lowest BCUT2D eigenvalue weighted by molar-refractivity contribution is 0.320. The van der Waals surface area contributed by atoms with Crippen LogP contribution in [0.1, 0.15) is 52.6 Å². The van der Waals surface area contributed by atoms with Gasteiger partial charge in [0.05, 0.1) is 43.2 Å². The molecule has 27 heavy (non-hydrogen) atoms. The van der Waals surface area contributed by atoms with Crippen LogP contribution in [0.4, 0.5) is 13.4 Å². The lowest BCUT2D eigenvalue weighted by atomic mass is 9.79. The summed E-state index contributed by atoms with van der Waals surface area (Å²) in [4.78, 5) is 0. The van der Waals surface area contributed by atoms with Crippen LogP contribution in [0.15, 0.2) is 0 Å². The Balaban J connectivity index is 3.71. The molecule has 9 heteroatoms. The lowest BCUT2D eigenvalue weighted by Gasteiger charge is -2.26. The van der Waals surface area contributed by atoms with Crippen LogP contribution in [0.2, 0.25) is 19.0 Å². The van der Waals surface area contributed by atoms with E-state index in [1.54, 1.807) is 16.6 Å². The highest BCUT2D eigenvalue weighted by Gasteiger charge is 2.22. The Labute approximate surface area is 164 Å². The van der Waals surface area contributed by atoms with Gasteiger partial charge in [-0.2, -0.15) is 16.6 Å². The SMILES string of the molecule is [B]CCCc1c(CNF)c(CCC[B])c(CNF)c(CCC[B])c1CNF. The molecule has 1 rings (SSSR count).